The summed E-state index contributed by atoms with van der Waals surface area (Å²) in [5.74, 6) is 1.06. The Morgan fingerprint density at radius 3 is 2.70 bits per heavy atom. The molecular formula is C15H16IN3O. The Labute approximate surface area is 131 Å². The van der Waals surface area contributed by atoms with Crippen molar-refractivity contribution in [3.05, 3.63) is 43.6 Å². The van der Waals surface area contributed by atoms with E-state index in [1.807, 2.05) is 19.1 Å². The van der Waals surface area contributed by atoms with E-state index < -0.39 is 0 Å². The van der Waals surface area contributed by atoms with Gasteiger partial charge in [-0.05, 0) is 54.5 Å². The lowest BCUT2D eigenvalue weighted by Gasteiger charge is -2.12. The van der Waals surface area contributed by atoms with Crippen molar-refractivity contribution in [2.24, 2.45) is 0 Å². The first-order valence-corrected chi connectivity index (χ1v) is 7.96. The lowest BCUT2D eigenvalue weighted by Crippen LogP contribution is -2.18. The molecule has 0 atom stereocenters. The number of H-pyrrole nitrogens is 1. The summed E-state index contributed by atoms with van der Waals surface area (Å²) in [7, 11) is 0. The van der Waals surface area contributed by atoms with E-state index in [0.717, 1.165) is 33.4 Å². The second kappa shape index (κ2) is 5.63. The number of nitrogens with one attached hydrogen (secondary N) is 1. The molecule has 0 aliphatic heterocycles. The first-order valence-electron chi connectivity index (χ1n) is 6.88. The highest BCUT2D eigenvalue weighted by atomic mass is 127. The van der Waals surface area contributed by atoms with Gasteiger partial charge in [0, 0.05) is 23.4 Å². The number of pyridine rings is 1. The molecule has 0 spiro atoms. The zero-order chi connectivity index (χ0) is 14.1. The molecule has 3 rings (SSSR count). The largest absolute Gasteiger partial charge is 0.306 e. The highest BCUT2D eigenvalue weighted by Gasteiger charge is 2.23. The molecule has 0 radical (unpaired) electrons. The summed E-state index contributed by atoms with van der Waals surface area (Å²) in [5, 5.41) is 0. The van der Waals surface area contributed by atoms with E-state index in [1.54, 1.807) is 6.20 Å². The van der Waals surface area contributed by atoms with Gasteiger partial charge in [-0.2, -0.15) is 0 Å². The lowest BCUT2D eigenvalue weighted by molar-refractivity contribution is 0.687. The minimum absolute atomic E-state index is 0.0434. The number of halogens is 1. The Balaban J connectivity index is 2.08. The molecule has 4 nitrogen and oxygen atoms in total. The van der Waals surface area contributed by atoms with Gasteiger partial charge in [-0.1, -0.05) is 12.8 Å². The predicted octanol–water partition coefficient (Wildman–Crippen LogP) is 3.40. The number of hydrogen-bond acceptors (Lipinski definition) is 3. The quantitative estimate of drug-likeness (QED) is 0.812. The van der Waals surface area contributed by atoms with Crippen molar-refractivity contribution in [3.63, 3.8) is 0 Å². The zero-order valence-electron chi connectivity index (χ0n) is 11.3. The Hall–Kier alpha value is -1.24. The van der Waals surface area contributed by atoms with E-state index in [-0.39, 0.29) is 5.56 Å². The van der Waals surface area contributed by atoms with Crippen LogP contribution < -0.4 is 5.56 Å². The van der Waals surface area contributed by atoms with Crippen molar-refractivity contribution < 1.29 is 0 Å². The third-order valence-corrected chi connectivity index (χ3v) is 4.86. The molecule has 1 aliphatic rings. The van der Waals surface area contributed by atoms with Crippen molar-refractivity contribution in [2.45, 2.75) is 38.5 Å². The van der Waals surface area contributed by atoms with Crippen LogP contribution in [0.5, 0.6) is 0 Å². The predicted molar refractivity (Wildman–Crippen MR) is 86.8 cm³/mol. The molecule has 2 heterocycles. The normalized spacial score (nSPS) is 15.7. The van der Waals surface area contributed by atoms with Gasteiger partial charge < -0.3 is 4.98 Å². The molecule has 0 amide bonds. The van der Waals surface area contributed by atoms with E-state index >= 15 is 0 Å². The first kappa shape index (κ1) is 13.7. The van der Waals surface area contributed by atoms with Crippen LogP contribution in [0.4, 0.5) is 0 Å². The highest BCUT2D eigenvalue weighted by Crippen LogP contribution is 2.34. The van der Waals surface area contributed by atoms with Crippen LogP contribution in [-0.2, 0) is 0 Å². The molecule has 0 bridgehead atoms. The SMILES string of the molecule is Cc1ccc(-c2nc(C3CCCC3)c(I)c(=O)[nH]2)cn1. The van der Waals surface area contributed by atoms with Gasteiger partial charge in [-0.25, -0.2) is 4.98 Å². The van der Waals surface area contributed by atoms with Gasteiger partial charge in [0.2, 0.25) is 0 Å². The average Bonchev–Trinajstić information content (AvgIpc) is 2.96. The summed E-state index contributed by atoms with van der Waals surface area (Å²) >= 11 is 2.11. The molecule has 0 aromatic carbocycles. The lowest BCUT2D eigenvalue weighted by atomic mass is 10.0. The molecule has 2 aromatic rings. The number of rotatable bonds is 2. The Morgan fingerprint density at radius 1 is 1.30 bits per heavy atom. The fraction of sp³-hybridized carbons (Fsp3) is 0.400. The van der Waals surface area contributed by atoms with Crippen LogP contribution in [-0.4, -0.2) is 15.0 Å². The van der Waals surface area contributed by atoms with Gasteiger partial charge in [0.15, 0.2) is 0 Å². The van der Waals surface area contributed by atoms with E-state index in [0.29, 0.717) is 11.7 Å². The Bertz CT molecular complexity index is 673. The van der Waals surface area contributed by atoms with Gasteiger partial charge in [0.25, 0.3) is 5.56 Å². The number of aromatic amines is 1. The Morgan fingerprint density at radius 2 is 2.05 bits per heavy atom. The van der Waals surface area contributed by atoms with Crippen molar-refractivity contribution in [3.8, 4) is 11.4 Å². The van der Waals surface area contributed by atoms with Gasteiger partial charge in [0.1, 0.15) is 5.82 Å². The van der Waals surface area contributed by atoms with Gasteiger partial charge in [0.05, 0.1) is 9.26 Å². The van der Waals surface area contributed by atoms with Crippen molar-refractivity contribution in [1.29, 1.82) is 0 Å². The zero-order valence-corrected chi connectivity index (χ0v) is 13.5. The number of aryl methyl sites for hydroxylation is 1. The molecule has 1 N–H and O–H groups in total. The first-order chi connectivity index (χ1) is 9.65. The second-order valence-corrected chi connectivity index (χ2v) is 6.36. The molecule has 2 aromatic heterocycles. The maximum atomic E-state index is 12.1. The average molecular weight is 381 g/mol. The molecule has 0 unspecified atom stereocenters. The van der Waals surface area contributed by atoms with E-state index in [2.05, 4.69) is 32.6 Å². The molecule has 20 heavy (non-hydrogen) atoms. The summed E-state index contributed by atoms with van der Waals surface area (Å²) in [4.78, 5) is 24.0. The minimum Gasteiger partial charge on any atom is -0.306 e. The summed E-state index contributed by atoms with van der Waals surface area (Å²) in [6, 6.07) is 3.88. The summed E-state index contributed by atoms with van der Waals surface area (Å²) in [6.45, 7) is 1.94. The van der Waals surface area contributed by atoms with Crippen LogP contribution in [0.2, 0.25) is 0 Å². The molecule has 0 saturated heterocycles. The number of aromatic nitrogens is 3. The molecular weight excluding hydrogens is 365 g/mol. The van der Waals surface area contributed by atoms with Crippen molar-refractivity contribution in [1.82, 2.24) is 15.0 Å². The number of nitrogens with zero attached hydrogens (tertiary/aromatic N) is 2. The maximum Gasteiger partial charge on any atom is 0.264 e. The number of hydrogen-bond donors (Lipinski definition) is 1. The molecule has 1 saturated carbocycles. The van der Waals surface area contributed by atoms with Crippen LogP contribution >= 0.6 is 22.6 Å². The minimum atomic E-state index is -0.0434. The summed E-state index contributed by atoms with van der Waals surface area (Å²) < 4.78 is 0.735. The van der Waals surface area contributed by atoms with Crippen LogP contribution in [0.1, 0.15) is 43.0 Å². The molecule has 5 heteroatoms. The summed E-state index contributed by atoms with van der Waals surface area (Å²) in [5.41, 5.74) is 2.74. The monoisotopic (exact) mass is 381 g/mol. The highest BCUT2D eigenvalue weighted by molar-refractivity contribution is 14.1. The second-order valence-electron chi connectivity index (χ2n) is 5.28. The topological polar surface area (TPSA) is 58.6 Å². The van der Waals surface area contributed by atoms with E-state index in [9.17, 15) is 4.79 Å². The third kappa shape index (κ3) is 2.63. The molecule has 1 fully saturated rings. The molecule has 1 aliphatic carbocycles. The maximum absolute atomic E-state index is 12.1. The Kier molecular flexibility index (Phi) is 3.87. The van der Waals surface area contributed by atoms with Crippen molar-refractivity contribution >= 4 is 22.6 Å². The van der Waals surface area contributed by atoms with Crippen LogP contribution in [0.25, 0.3) is 11.4 Å². The van der Waals surface area contributed by atoms with Gasteiger partial charge in [-0.15, -0.1) is 0 Å². The van der Waals surface area contributed by atoms with E-state index in [4.69, 9.17) is 4.98 Å². The van der Waals surface area contributed by atoms with Crippen LogP contribution in [0.3, 0.4) is 0 Å². The van der Waals surface area contributed by atoms with Gasteiger partial charge >= 0.3 is 0 Å². The molecule has 104 valence electrons. The van der Waals surface area contributed by atoms with Crippen LogP contribution in [0.15, 0.2) is 23.1 Å². The fourth-order valence-electron chi connectivity index (χ4n) is 2.69. The summed E-state index contributed by atoms with van der Waals surface area (Å²) in [6.07, 6.45) is 6.50. The standard InChI is InChI=1S/C15H16IN3O/c1-9-6-7-11(8-17-9)14-18-13(10-4-2-3-5-10)12(16)15(20)19-14/h6-8,10H,2-5H2,1H3,(H,18,19,20). The fourth-order valence-corrected chi connectivity index (χ4v) is 3.39. The third-order valence-electron chi connectivity index (χ3n) is 3.82. The van der Waals surface area contributed by atoms with Gasteiger partial charge in [-0.3, -0.25) is 9.78 Å². The van der Waals surface area contributed by atoms with E-state index in [1.165, 1.54) is 12.8 Å². The van der Waals surface area contributed by atoms with Crippen molar-refractivity contribution in [2.75, 3.05) is 0 Å². The van der Waals surface area contributed by atoms with Crippen LogP contribution in [0, 0.1) is 10.5 Å². The smallest absolute Gasteiger partial charge is 0.264 e.